The molecule has 130 valence electrons. The second kappa shape index (κ2) is 6.98. The number of carbonyl (C=O) groups is 2. The van der Waals surface area contributed by atoms with Crippen molar-refractivity contribution in [1.82, 2.24) is 9.99 Å². The first-order valence-electron chi connectivity index (χ1n) is 7.66. The van der Waals surface area contributed by atoms with E-state index in [9.17, 15) is 19.7 Å². The highest BCUT2D eigenvalue weighted by Crippen LogP contribution is 2.19. The van der Waals surface area contributed by atoms with Crippen molar-refractivity contribution in [2.24, 2.45) is 5.10 Å². The highest BCUT2D eigenvalue weighted by molar-refractivity contribution is 6.03. The molecular weight excluding hydrogens is 336 g/mol. The number of fused-ring (bicyclic) bond motifs is 1. The molecule has 1 amide bonds. The van der Waals surface area contributed by atoms with E-state index < -0.39 is 10.8 Å². The van der Waals surface area contributed by atoms with Gasteiger partial charge in [-0.3, -0.25) is 24.3 Å². The van der Waals surface area contributed by atoms with Crippen LogP contribution in [0, 0.1) is 10.1 Å². The number of hydrogen-bond donors (Lipinski definition) is 1. The first-order chi connectivity index (χ1) is 12.5. The number of nitrogens with one attached hydrogen (secondary N) is 1. The van der Waals surface area contributed by atoms with Gasteiger partial charge in [0.15, 0.2) is 0 Å². The molecule has 3 aromatic rings. The van der Waals surface area contributed by atoms with E-state index in [0.717, 1.165) is 10.9 Å². The number of amides is 1. The number of para-hydroxylation sites is 1. The van der Waals surface area contributed by atoms with Gasteiger partial charge in [0.25, 0.3) is 11.6 Å². The number of nitro groups is 1. The van der Waals surface area contributed by atoms with Crippen LogP contribution in [-0.2, 0) is 0 Å². The van der Waals surface area contributed by atoms with E-state index in [0.29, 0.717) is 5.56 Å². The summed E-state index contributed by atoms with van der Waals surface area (Å²) in [5.74, 6) is -0.707. The number of rotatable bonds is 4. The lowest BCUT2D eigenvalue weighted by Gasteiger charge is -1.99. The summed E-state index contributed by atoms with van der Waals surface area (Å²) in [4.78, 5) is 34.0. The summed E-state index contributed by atoms with van der Waals surface area (Å²) in [6, 6.07) is 12.7. The van der Waals surface area contributed by atoms with Gasteiger partial charge in [0.05, 0.1) is 16.7 Å². The molecule has 0 aliphatic carbocycles. The number of nitro benzene ring substituents is 1. The Kier molecular flexibility index (Phi) is 4.57. The Bertz CT molecular complexity index is 1050. The third-order valence-electron chi connectivity index (χ3n) is 3.77. The Labute approximate surface area is 147 Å². The van der Waals surface area contributed by atoms with Gasteiger partial charge >= 0.3 is 0 Å². The van der Waals surface area contributed by atoms with Crippen molar-refractivity contribution in [3.05, 3.63) is 76.0 Å². The van der Waals surface area contributed by atoms with Crippen LogP contribution in [0.25, 0.3) is 10.9 Å². The quantitative estimate of drug-likeness (QED) is 0.443. The topological polar surface area (TPSA) is 107 Å². The van der Waals surface area contributed by atoms with Crippen LogP contribution in [0.5, 0.6) is 0 Å². The first-order valence-corrected chi connectivity index (χ1v) is 7.66. The second-order valence-electron chi connectivity index (χ2n) is 5.50. The van der Waals surface area contributed by atoms with E-state index in [4.69, 9.17) is 0 Å². The summed E-state index contributed by atoms with van der Waals surface area (Å²) < 4.78 is 1.50. The maximum atomic E-state index is 12.1. The SMILES string of the molecule is CC(=O)n1cc(/C=N/NC(=O)c2cccc([N+](=O)[O-])c2)c2ccccc21. The fraction of sp³-hybridized carbons (Fsp3) is 0.0556. The Balaban J connectivity index is 1.82. The standard InChI is InChI=1S/C18H14N4O4/c1-12(23)21-11-14(16-7-2-3-8-17(16)21)10-19-20-18(24)13-5-4-6-15(9-13)22(25)26/h2-11H,1H3,(H,20,24)/b19-10+. The van der Waals surface area contributed by atoms with Gasteiger partial charge in [0, 0.05) is 41.8 Å². The summed E-state index contributed by atoms with van der Waals surface area (Å²) in [6.45, 7) is 1.46. The van der Waals surface area contributed by atoms with Gasteiger partial charge < -0.3 is 0 Å². The smallest absolute Gasteiger partial charge is 0.271 e. The summed E-state index contributed by atoms with van der Waals surface area (Å²) in [6.07, 6.45) is 3.06. The van der Waals surface area contributed by atoms with E-state index in [1.165, 1.54) is 42.0 Å². The minimum absolute atomic E-state index is 0.127. The minimum Gasteiger partial charge on any atom is -0.287 e. The highest BCUT2D eigenvalue weighted by Gasteiger charge is 2.11. The molecule has 0 bridgehead atoms. The van der Waals surface area contributed by atoms with Crippen LogP contribution in [0.1, 0.15) is 27.6 Å². The van der Waals surface area contributed by atoms with Gasteiger partial charge in [-0.15, -0.1) is 0 Å². The zero-order chi connectivity index (χ0) is 18.7. The Morgan fingerprint density at radius 2 is 1.96 bits per heavy atom. The van der Waals surface area contributed by atoms with Crippen LogP contribution in [0.3, 0.4) is 0 Å². The molecule has 0 fully saturated rings. The van der Waals surface area contributed by atoms with Gasteiger partial charge in [-0.05, 0) is 12.1 Å². The van der Waals surface area contributed by atoms with Crippen molar-refractivity contribution >= 4 is 34.6 Å². The number of aromatic nitrogens is 1. The van der Waals surface area contributed by atoms with Gasteiger partial charge in [0.1, 0.15) is 0 Å². The summed E-state index contributed by atoms with van der Waals surface area (Å²) in [5.41, 5.74) is 3.69. The largest absolute Gasteiger partial charge is 0.287 e. The maximum absolute atomic E-state index is 12.1. The predicted molar refractivity (Wildman–Crippen MR) is 96.4 cm³/mol. The summed E-state index contributed by atoms with van der Waals surface area (Å²) in [7, 11) is 0. The molecule has 1 N–H and O–H groups in total. The number of hydrazone groups is 1. The monoisotopic (exact) mass is 350 g/mol. The second-order valence-corrected chi connectivity index (χ2v) is 5.50. The molecule has 1 heterocycles. The van der Waals surface area contributed by atoms with Crippen LogP contribution in [0.15, 0.2) is 59.8 Å². The fourth-order valence-corrected chi connectivity index (χ4v) is 2.56. The molecule has 3 rings (SSSR count). The molecule has 2 aromatic carbocycles. The predicted octanol–water partition coefficient (Wildman–Crippen LogP) is 2.97. The first kappa shape index (κ1) is 17.0. The van der Waals surface area contributed by atoms with Crippen LogP contribution in [-0.4, -0.2) is 27.5 Å². The molecule has 26 heavy (non-hydrogen) atoms. The zero-order valence-corrected chi connectivity index (χ0v) is 13.7. The molecule has 0 atom stereocenters. The average molecular weight is 350 g/mol. The van der Waals surface area contributed by atoms with Gasteiger partial charge in [0.2, 0.25) is 5.91 Å². The lowest BCUT2D eigenvalue weighted by Crippen LogP contribution is -2.17. The molecule has 8 nitrogen and oxygen atoms in total. The molecule has 0 unspecified atom stereocenters. The molecule has 1 aromatic heterocycles. The molecule has 0 saturated carbocycles. The van der Waals surface area contributed by atoms with Crippen LogP contribution >= 0.6 is 0 Å². The van der Waals surface area contributed by atoms with E-state index in [-0.39, 0.29) is 17.2 Å². The third kappa shape index (κ3) is 3.34. The molecule has 8 heteroatoms. The number of non-ortho nitro benzene ring substituents is 1. The van der Waals surface area contributed by atoms with Crippen molar-refractivity contribution in [2.75, 3.05) is 0 Å². The fourth-order valence-electron chi connectivity index (χ4n) is 2.56. The average Bonchev–Trinajstić information content (AvgIpc) is 3.01. The van der Waals surface area contributed by atoms with E-state index >= 15 is 0 Å². The van der Waals surface area contributed by atoms with Gasteiger partial charge in [-0.25, -0.2) is 5.43 Å². The van der Waals surface area contributed by atoms with Crippen molar-refractivity contribution < 1.29 is 14.5 Å². The van der Waals surface area contributed by atoms with Crippen molar-refractivity contribution in [3.8, 4) is 0 Å². The van der Waals surface area contributed by atoms with Crippen LogP contribution in [0.2, 0.25) is 0 Å². The lowest BCUT2D eigenvalue weighted by atomic mass is 10.2. The molecule has 0 aliphatic rings. The van der Waals surface area contributed by atoms with Crippen molar-refractivity contribution in [1.29, 1.82) is 0 Å². The molecule has 0 aliphatic heterocycles. The molecule has 0 spiro atoms. The van der Waals surface area contributed by atoms with Gasteiger partial charge in [-0.1, -0.05) is 24.3 Å². The number of carbonyl (C=O) groups excluding carboxylic acids is 2. The lowest BCUT2D eigenvalue weighted by molar-refractivity contribution is -0.384. The number of benzene rings is 2. The van der Waals surface area contributed by atoms with E-state index in [1.54, 1.807) is 6.20 Å². The molecule has 0 saturated heterocycles. The normalized spacial score (nSPS) is 11.0. The Morgan fingerprint density at radius 3 is 2.69 bits per heavy atom. The number of hydrogen-bond acceptors (Lipinski definition) is 5. The third-order valence-corrected chi connectivity index (χ3v) is 3.77. The molecule has 0 radical (unpaired) electrons. The van der Waals surface area contributed by atoms with E-state index in [1.807, 2.05) is 24.3 Å². The zero-order valence-electron chi connectivity index (χ0n) is 13.7. The minimum atomic E-state index is -0.573. The number of nitrogens with zero attached hydrogens (tertiary/aromatic N) is 3. The van der Waals surface area contributed by atoms with E-state index in [2.05, 4.69) is 10.5 Å². The summed E-state index contributed by atoms with van der Waals surface area (Å²) in [5, 5.41) is 15.5. The molecular formula is C18H14N4O4. The maximum Gasteiger partial charge on any atom is 0.271 e. The Morgan fingerprint density at radius 1 is 1.19 bits per heavy atom. The highest BCUT2D eigenvalue weighted by atomic mass is 16.6. The van der Waals surface area contributed by atoms with Crippen molar-refractivity contribution in [3.63, 3.8) is 0 Å². The van der Waals surface area contributed by atoms with Crippen LogP contribution < -0.4 is 5.43 Å². The summed E-state index contributed by atoms with van der Waals surface area (Å²) >= 11 is 0. The van der Waals surface area contributed by atoms with Crippen molar-refractivity contribution in [2.45, 2.75) is 6.92 Å². The van der Waals surface area contributed by atoms with Crippen LogP contribution in [0.4, 0.5) is 5.69 Å². The van der Waals surface area contributed by atoms with Gasteiger partial charge in [-0.2, -0.15) is 5.10 Å². The Hall–Kier alpha value is -3.81.